The van der Waals surface area contributed by atoms with Gasteiger partial charge in [0.2, 0.25) is 0 Å². The molecule has 0 bridgehead atoms. The molecule has 1 fully saturated rings. The number of carboxylic acids is 1. The van der Waals surface area contributed by atoms with Crippen molar-refractivity contribution in [2.45, 2.75) is 26.1 Å². The molecule has 2 aromatic heterocycles. The molecular formula is C19H19N3O4S. The number of nitrogens with zero attached hydrogens (tertiary/aromatic N) is 3. The Morgan fingerprint density at radius 2 is 2.00 bits per heavy atom. The summed E-state index contributed by atoms with van der Waals surface area (Å²) >= 11 is 1.37. The molecule has 1 amide bonds. The van der Waals surface area contributed by atoms with Crippen molar-refractivity contribution in [3.05, 3.63) is 47.0 Å². The number of morpholine rings is 1. The zero-order chi connectivity index (χ0) is 19.1. The predicted molar refractivity (Wildman–Crippen MR) is 102 cm³/mol. The smallest absolute Gasteiger partial charge is 0.334 e. The number of ether oxygens (including phenoxy) is 1. The van der Waals surface area contributed by atoms with Crippen LogP contribution in [0.1, 0.15) is 22.3 Å². The number of carbonyl (C=O) groups is 2. The molecular weight excluding hydrogens is 366 g/mol. The summed E-state index contributed by atoms with van der Waals surface area (Å²) in [4.78, 5) is 27.3. The monoisotopic (exact) mass is 385 g/mol. The summed E-state index contributed by atoms with van der Waals surface area (Å²) in [5.74, 6) is -1.22. The Labute approximate surface area is 159 Å². The van der Waals surface area contributed by atoms with Gasteiger partial charge in [-0.15, -0.1) is 11.3 Å². The van der Waals surface area contributed by atoms with Gasteiger partial charge in [0.25, 0.3) is 5.91 Å². The maximum atomic E-state index is 13.0. The second kappa shape index (κ2) is 6.79. The molecule has 8 heteroatoms. The average molecular weight is 385 g/mol. The topological polar surface area (TPSA) is 84.7 Å². The van der Waals surface area contributed by atoms with Gasteiger partial charge in [-0.05, 0) is 32.0 Å². The van der Waals surface area contributed by atoms with E-state index in [1.165, 1.54) is 11.3 Å². The van der Waals surface area contributed by atoms with Crippen LogP contribution in [0.4, 0.5) is 0 Å². The van der Waals surface area contributed by atoms with Gasteiger partial charge in [-0.25, -0.2) is 9.48 Å². The van der Waals surface area contributed by atoms with Crippen molar-refractivity contribution < 1.29 is 19.4 Å². The largest absolute Gasteiger partial charge is 0.479 e. The molecule has 1 N–H and O–H groups in total. The van der Waals surface area contributed by atoms with Gasteiger partial charge in [0.1, 0.15) is 4.83 Å². The minimum absolute atomic E-state index is 0.0521. The molecule has 2 atom stereocenters. The van der Waals surface area contributed by atoms with Crippen LogP contribution in [0.15, 0.2) is 36.4 Å². The zero-order valence-electron chi connectivity index (χ0n) is 15.0. The molecule has 7 nitrogen and oxygen atoms in total. The van der Waals surface area contributed by atoms with E-state index in [2.05, 4.69) is 5.10 Å². The number of aliphatic carboxylic acids is 1. The van der Waals surface area contributed by atoms with E-state index in [-0.39, 0.29) is 18.6 Å². The van der Waals surface area contributed by atoms with E-state index in [1.54, 1.807) is 11.8 Å². The van der Waals surface area contributed by atoms with Crippen molar-refractivity contribution in [1.82, 2.24) is 14.7 Å². The second-order valence-electron chi connectivity index (χ2n) is 6.65. The number of fused-ring (bicyclic) bond motifs is 1. The van der Waals surface area contributed by atoms with E-state index in [9.17, 15) is 14.7 Å². The van der Waals surface area contributed by atoms with Crippen LogP contribution in [0.2, 0.25) is 0 Å². The number of hydrogen-bond acceptors (Lipinski definition) is 5. The van der Waals surface area contributed by atoms with Gasteiger partial charge in [0.05, 0.1) is 28.9 Å². The first-order valence-electron chi connectivity index (χ1n) is 8.66. The number of benzene rings is 1. The Bertz CT molecular complexity index is 1010. The van der Waals surface area contributed by atoms with Crippen molar-refractivity contribution in [3.8, 4) is 5.69 Å². The SMILES string of the molecule is Cc1nn(-c2ccccc2)c2sc(C(=O)N3CC(C(=O)O)O[C@H](C)C3)cc12. The molecule has 27 heavy (non-hydrogen) atoms. The number of carboxylic acid groups (broad SMARTS) is 1. The summed E-state index contributed by atoms with van der Waals surface area (Å²) in [6.45, 7) is 4.12. The first-order chi connectivity index (χ1) is 12.9. The van der Waals surface area contributed by atoms with Gasteiger partial charge in [0, 0.05) is 11.9 Å². The quantitative estimate of drug-likeness (QED) is 0.749. The molecule has 1 saturated heterocycles. The fraction of sp³-hybridized carbons (Fsp3) is 0.316. The third kappa shape index (κ3) is 3.22. The van der Waals surface area contributed by atoms with E-state index < -0.39 is 12.1 Å². The van der Waals surface area contributed by atoms with E-state index in [4.69, 9.17) is 4.74 Å². The highest BCUT2D eigenvalue weighted by molar-refractivity contribution is 7.20. The minimum atomic E-state index is -1.05. The molecule has 1 unspecified atom stereocenters. The maximum absolute atomic E-state index is 13.0. The molecule has 140 valence electrons. The summed E-state index contributed by atoms with van der Waals surface area (Å²) in [5.41, 5.74) is 1.78. The number of amides is 1. The first kappa shape index (κ1) is 17.7. The fourth-order valence-electron chi connectivity index (χ4n) is 3.31. The van der Waals surface area contributed by atoms with Crippen LogP contribution in [0, 0.1) is 6.92 Å². The van der Waals surface area contributed by atoms with Crippen LogP contribution in [0.3, 0.4) is 0 Å². The third-order valence-electron chi connectivity index (χ3n) is 4.58. The lowest BCUT2D eigenvalue weighted by atomic mass is 10.2. The summed E-state index contributed by atoms with van der Waals surface area (Å²) in [7, 11) is 0. The number of aromatic nitrogens is 2. The Morgan fingerprint density at radius 1 is 1.26 bits per heavy atom. The lowest BCUT2D eigenvalue weighted by Gasteiger charge is -2.34. The van der Waals surface area contributed by atoms with Crippen LogP contribution < -0.4 is 0 Å². The van der Waals surface area contributed by atoms with Crippen LogP contribution in [-0.2, 0) is 9.53 Å². The predicted octanol–water partition coefficient (Wildman–Crippen LogP) is 2.71. The number of hydrogen-bond donors (Lipinski definition) is 1. The van der Waals surface area contributed by atoms with Crippen LogP contribution in [0.25, 0.3) is 15.9 Å². The van der Waals surface area contributed by atoms with Gasteiger partial charge in [-0.1, -0.05) is 18.2 Å². The summed E-state index contributed by atoms with van der Waals surface area (Å²) < 4.78 is 7.24. The van der Waals surface area contributed by atoms with E-state index >= 15 is 0 Å². The maximum Gasteiger partial charge on any atom is 0.334 e. The minimum Gasteiger partial charge on any atom is -0.479 e. The highest BCUT2D eigenvalue weighted by atomic mass is 32.1. The van der Waals surface area contributed by atoms with E-state index in [0.29, 0.717) is 11.4 Å². The number of para-hydroxylation sites is 1. The lowest BCUT2D eigenvalue weighted by Crippen LogP contribution is -2.51. The lowest BCUT2D eigenvalue weighted by molar-refractivity contribution is -0.160. The van der Waals surface area contributed by atoms with Gasteiger partial charge in [0.15, 0.2) is 6.10 Å². The van der Waals surface area contributed by atoms with E-state index in [0.717, 1.165) is 21.6 Å². The van der Waals surface area contributed by atoms with Crippen LogP contribution >= 0.6 is 11.3 Å². The van der Waals surface area contributed by atoms with Crippen molar-refractivity contribution in [2.24, 2.45) is 0 Å². The van der Waals surface area contributed by atoms with Crippen LogP contribution in [-0.4, -0.2) is 57.0 Å². The van der Waals surface area contributed by atoms with Gasteiger partial charge in [-0.3, -0.25) is 4.79 Å². The van der Waals surface area contributed by atoms with Crippen LogP contribution in [0.5, 0.6) is 0 Å². The molecule has 0 radical (unpaired) electrons. The molecule has 4 rings (SSSR count). The van der Waals surface area contributed by atoms with Gasteiger partial charge >= 0.3 is 5.97 Å². The second-order valence-corrected chi connectivity index (χ2v) is 7.68. The summed E-state index contributed by atoms with van der Waals surface area (Å²) in [6.07, 6.45) is -1.31. The van der Waals surface area contributed by atoms with Crippen molar-refractivity contribution in [3.63, 3.8) is 0 Å². The molecule has 1 aliphatic heterocycles. The summed E-state index contributed by atoms with van der Waals surface area (Å²) in [5, 5.41) is 14.8. The molecule has 0 aliphatic carbocycles. The van der Waals surface area contributed by atoms with Gasteiger partial charge in [-0.2, -0.15) is 5.10 Å². The Morgan fingerprint density at radius 3 is 2.70 bits per heavy atom. The molecule has 3 aromatic rings. The number of thiophene rings is 1. The first-order valence-corrected chi connectivity index (χ1v) is 9.48. The Kier molecular flexibility index (Phi) is 4.45. The van der Waals surface area contributed by atoms with E-state index in [1.807, 2.05) is 48.0 Å². The molecule has 3 heterocycles. The normalized spacial score (nSPS) is 20.1. The highest BCUT2D eigenvalue weighted by Gasteiger charge is 2.33. The van der Waals surface area contributed by atoms with Crippen molar-refractivity contribution >= 4 is 33.4 Å². The molecule has 0 saturated carbocycles. The Balaban J connectivity index is 1.68. The van der Waals surface area contributed by atoms with Crippen molar-refractivity contribution in [1.29, 1.82) is 0 Å². The molecule has 1 aliphatic rings. The number of aryl methyl sites for hydroxylation is 1. The Hall–Kier alpha value is -2.71. The number of carbonyl (C=O) groups excluding carboxylic acids is 1. The molecule has 1 aromatic carbocycles. The number of rotatable bonds is 3. The molecule has 0 spiro atoms. The fourth-order valence-corrected chi connectivity index (χ4v) is 4.46. The standard InChI is InChI=1S/C19H19N3O4S/c1-11-9-21(10-15(26-11)19(24)25)17(23)16-8-14-12(2)20-22(18(14)27-16)13-6-4-3-5-7-13/h3-8,11,15H,9-10H2,1-2H3,(H,24,25)/t11-,15?/m1/s1. The summed E-state index contributed by atoms with van der Waals surface area (Å²) in [6, 6.07) is 11.6. The third-order valence-corrected chi connectivity index (χ3v) is 5.68. The van der Waals surface area contributed by atoms with Crippen molar-refractivity contribution in [2.75, 3.05) is 13.1 Å². The highest BCUT2D eigenvalue weighted by Crippen LogP contribution is 2.31. The zero-order valence-corrected chi connectivity index (χ0v) is 15.8. The average Bonchev–Trinajstić information content (AvgIpc) is 3.22. The van der Waals surface area contributed by atoms with Gasteiger partial charge < -0.3 is 14.7 Å².